The SMILES string of the molecule is c1ccc(-c2nc(-c3ccccc3-c3ccccc3)cc(-c3ccc(-c4cccc5c4-c4ccccc4C5(c4ccccc4)c4ccccc4)c4ccccc34)n2)cc1. The van der Waals surface area contributed by atoms with Crippen molar-refractivity contribution in [1.29, 1.82) is 0 Å². The lowest BCUT2D eigenvalue weighted by atomic mass is 9.67. The van der Waals surface area contributed by atoms with Crippen LogP contribution in [0.5, 0.6) is 0 Å². The molecule has 1 aromatic heterocycles. The van der Waals surface area contributed by atoms with Crippen molar-refractivity contribution in [3.63, 3.8) is 0 Å². The molecule has 1 heterocycles. The number of aromatic nitrogens is 2. The van der Waals surface area contributed by atoms with Gasteiger partial charge < -0.3 is 0 Å². The minimum absolute atomic E-state index is 0.471. The van der Waals surface area contributed by atoms with Crippen LogP contribution in [0.4, 0.5) is 0 Å². The van der Waals surface area contributed by atoms with Crippen molar-refractivity contribution < 1.29 is 0 Å². The molecule has 0 atom stereocenters. The van der Waals surface area contributed by atoms with E-state index >= 15 is 0 Å². The van der Waals surface area contributed by atoms with Gasteiger partial charge >= 0.3 is 0 Å². The van der Waals surface area contributed by atoms with Crippen molar-refractivity contribution in [1.82, 2.24) is 9.97 Å². The Labute approximate surface area is 344 Å². The highest BCUT2D eigenvalue weighted by atomic mass is 14.9. The molecule has 0 saturated carbocycles. The molecule has 10 aromatic rings. The van der Waals surface area contributed by atoms with Crippen LogP contribution >= 0.6 is 0 Å². The second-order valence-corrected chi connectivity index (χ2v) is 15.2. The Balaban J connectivity index is 1.14. The molecule has 0 bridgehead atoms. The fourth-order valence-electron chi connectivity index (χ4n) is 9.49. The molecule has 0 spiro atoms. The molecule has 2 nitrogen and oxygen atoms in total. The minimum atomic E-state index is -0.471. The molecule has 0 saturated heterocycles. The summed E-state index contributed by atoms with van der Waals surface area (Å²) >= 11 is 0. The van der Waals surface area contributed by atoms with E-state index in [0.717, 1.165) is 44.6 Å². The van der Waals surface area contributed by atoms with Gasteiger partial charge in [-0.2, -0.15) is 0 Å². The average Bonchev–Trinajstić information content (AvgIpc) is 3.63. The molecule has 1 aliphatic rings. The maximum Gasteiger partial charge on any atom is 0.160 e. The standard InChI is InChI=1S/C57H38N2/c1-5-20-39(21-6-1)43-28-13-16-31-47(43)53-38-54(59-56(58-53)40-22-7-2-8-23-40)48-37-36-46(44-29-14-15-30-45(44)48)49-33-19-35-52-55(49)50-32-17-18-34-51(50)57(52,41-24-9-3-10-25-41)42-26-11-4-12-27-42/h1-38H. The lowest BCUT2D eigenvalue weighted by Crippen LogP contribution is -2.28. The summed E-state index contributed by atoms with van der Waals surface area (Å²) in [6.45, 7) is 0. The largest absolute Gasteiger partial charge is 0.228 e. The lowest BCUT2D eigenvalue weighted by Gasteiger charge is -2.34. The molecule has 0 aliphatic heterocycles. The van der Waals surface area contributed by atoms with Gasteiger partial charge in [-0.05, 0) is 72.5 Å². The van der Waals surface area contributed by atoms with Crippen molar-refractivity contribution >= 4 is 10.8 Å². The highest BCUT2D eigenvalue weighted by Gasteiger charge is 2.46. The summed E-state index contributed by atoms with van der Waals surface area (Å²) in [6.07, 6.45) is 0. The van der Waals surface area contributed by atoms with Gasteiger partial charge in [0.1, 0.15) is 0 Å². The Morgan fingerprint density at radius 1 is 0.288 bits per heavy atom. The molecule has 0 fully saturated rings. The van der Waals surface area contributed by atoms with Crippen LogP contribution in [0.1, 0.15) is 22.3 Å². The van der Waals surface area contributed by atoms with Crippen LogP contribution in [-0.2, 0) is 5.41 Å². The van der Waals surface area contributed by atoms with Crippen molar-refractivity contribution in [3.05, 3.63) is 253 Å². The van der Waals surface area contributed by atoms with Crippen LogP contribution < -0.4 is 0 Å². The fraction of sp³-hybridized carbons (Fsp3) is 0.0175. The third-order valence-electron chi connectivity index (χ3n) is 12.0. The first-order chi connectivity index (χ1) is 29.3. The predicted octanol–water partition coefficient (Wildman–Crippen LogP) is 14.3. The summed E-state index contributed by atoms with van der Waals surface area (Å²) in [5.41, 5.74) is 16.8. The molecular weight excluding hydrogens is 713 g/mol. The van der Waals surface area contributed by atoms with Gasteiger partial charge in [0.2, 0.25) is 0 Å². The molecule has 276 valence electrons. The van der Waals surface area contributed by atoms with Crippen molar-refractivity contribution in [2.24, 2.45) is 0 Å². The molecule has 0 amide bonds. The van der Waals surface area contributed by atoms with Gasteiger partial charge in [0, 0.05) is 16.7 Å². The van der Waals surface area contributed by atoms with Crippen LogP contribution in [0.3, 0.4) is 0 Å². The van der Waals surface area contributed by atoms with Gasteiger partial charge in [0.15, 0.2) is 5.82 Å². The van der Waals surface area contributed by atoms with Crippen molar-refractivity contribution in [2.45, 2.75) is 5.41 Å². The van der Waals surface area contributed by atoms with E-state index in [9.17, 15) is 0 Å². The number of rotatable bonds is 7. The summed E-state index contributed by atoms with van der Waals surface area (Å²) in [6, 6.07) is 82.9. The van der Waals surface area contributed by atoms with Gasteiger partial charge in [0.25, 0.3) is 0 Å². The molecule has 2 heteroatoms. The third kappa shape index (κ3) is 5.64. The number of nitrogens with zero attached hydrogens (tertiary/aromatic N) is 2. The number of hydrogen-bond donors (Lipinski definition) is 0. The Morgan fingerprint density at radius 3 is 1.41 bits per heavy atom. The Hall–Kier alpha value is -7.68. The molecule has 0 N–H and O–H groups in total. The Kier molecular flexibility index (Phi) is 8.41. The molecule has 0 radical (unpaired) electrons. The number of hydrogen-bond acceptors (Lipinski definition) is 2. The van der Waals surface area contributed by atoms with Crippen molar-refractivity contribution in [2.75, 3.05) is 0 Å². The van der Waals surface area contributed by atoms with E-state index in [1.165, 1.54) is 49.9 Å². The Morgan fingerprint density at radius 2 is 0.746 bits per heavy atom. The molecule has 9 aromatic carbocycles. The van der Waals surface area contributed by atoms with Gasteiger partial charge in [-0.25, -0.2) is 9.97 Å². The van der Waals surface area contributed by atoms with E-state index in [4.69, 9.17) is 9.97 Å². The van der Waals surface area contributed by atoms with Gasteiger partial charge in [-0.3, -0.25) is 0 Å². The summed E-state index contributed by atoms with van der Waals surface area (Å²) in [5.74, 6) is 0.699. The number of benzene rings is 9. The van der Waals surface area contributed by atoms with E-state index in [1.807, 2.05) is 18.2 Å². The first kappa shape index (κ1) is 34.6. The third-order valence-corrected chi connectivity index (χ3v) is 12.0. The maximum absolute atomic E-state index is 5.32. The smallest absolute Gasteiger partial charge is 0.160 e. The normalized spacial score (nSPS) is 12.5. The van der Waals surface area contributed by atoms with Crippen LogP contribution in [-0.4, -0.2) is 9.97 Å². The number of fused-ring (bicyclic) bond motifs is 4. The van der Waals surface area contributed by atoms with E-state index in [-0.39, 0.29) is 0 Å². The van der Waals surface area contributed by atoms with Gasteiger partial charge in [-0.1, -0.05) is 224 Å². The van der Waals surface area contributed by atoms with E-state index in [1.54, 1.807) is 0 Å². The molecule has 1 aliphatic carbocycles. The highest BCUT2D eigenvalue weighted by Crippen LogP contribution is 2.58. The highest BCUT2D eigenvalue weighted by molar-refractivity contribution is 6.08. The van der Waals surface area contributed by atoms with E-state index in [2.05, 4.69) is 212 Å². The quantitative estimate of drug-likeness (QED) is 0.162. The summed E-state index contributed by atoms with van der Waals surface area (Å²) < 4.78 is 0. The predicted molar refractivity (Wildman–Crippen MR) is 244 cm³/mol. The zero-order valence-corrected chi connectivity index (χ0v) is 32.3. The van der Waals surface area contributed by atoms with Crippen LogP contribution in [0.25, 0.3) is 78.1 Å². The average molecular weight is 751 g/mol. The van der Waals surface area contributed by atoms with Crippen LogP contribution in [0.2, 0.25) is 0 Å². The zero-order valence-electron chi connectivity index (χ0n) is 32.3. The monoisotopic (exact) mass is 750 g/mol. The van der Waals surface area contributed by atoms with Crippen LogP contribution in [0.15, 0.2) is 231 Å². The van der Waals surface area contributed by atoms with Crippen molar-refractivity contribution in [3.8, 4) is 67.3 Å². The topological polar surface area (TPSA) is 25.8 Å². The minimum Gasteiger partial charge on any atom is -0.228 e. The molecule has 11 rings (SSSR count). The van der Waals surface area contributed by atoms with E-state index in [0.29, 0.717) is 5.82 Å². The first-order valence-electron chi connectivity index (χ1n) is 20.3. The molecule has 0 unspecified atom stereocenters. The molecular formula is C57H38N2. The Bertz CT molecular complexity index is 3100. The summed E-state index contributed by atoms with van der Waals surface area (Å²) in [5, 5.41) is 2.32. The van der Waals surface area contributed by atoms with Crippen LogP contribution in [0, 0.1) is 0 Å². The molecule has 59 heavy (non-hydrogen) atoms. The second-order valence-electron chi connectivity index (χ2n) is 15.2. The summed E-state index contributed by atoms with van der Waals surface area (Å²) in [4.78, 5) is 10.6. The first-order valence-corrected chi connectivity index (χ1v) is 20.3. The fourth-order valence-corrected chi connectivity index (χ4v) is 9.49. The summed E-state index contributed by atoms with van der Waals surface area (Å²) in [7, 11) is 0. The van der Waals surface area contributed by atoms with Gasteiger partial charge in [-0.15, -0.1) is 0 Å². The maximum atomic E-state index is 5.32. The lowest BCUT2D eigenvalue weighted by molar-refractivity contribution is 0.768. The van der Waals surface area contributed by atoms with E-state index < -0.39 is 5.41 Å². The zero-order chi connectivity index (χ0) is 39.2. The van der Waals surface area contributed by atoms with Gasteiger partial charge in [0.05, 0.1) is 16.8 Å². The second kappa shape index (κ2) is 14.4.